The Hall–Kier alpha value is -3.37. The zero-order valence-electron chi connectivity index (χ0n) is 15.1. The third kappa shape index (κ3) is 3.97. The van der Waals surface area contributed by atoms with Gasteiger partial charge in [0, 0.05) is 6.54 Å². The Morgan fingerprint density at radius 2 is 1.96 bits per heavy atom. The first-order valence-electron chi connectivity index (χ1n) is 8.31. The number of fused-ring (bicyclic) bond motifs is 1. The van der Waals surface area contributed by atoms with E-state index in [1.807, 2.05) is 0 Å². The lowest BCUT2D eigenvalue weighted by molar-refractivity contribution is -0.146. The third-order valence-corrected chi connectivity index (χ3v) is 3.92. The summed E-state index contributed by atoms with van der Waals surface area (Å²) in [4.78, 5) is 13.9. The fourth-order valence-corrected chi connectivity index (χ4v) is 2.59. The Balaban J connectivity index is 1.82. The number of likely N-dealkylation sites (N-methyl/N-ethyl adjacent to an activating group) is 1. The smallest absolute Gasteiger partial charge is 0.453 e. The molecule has 2 aromatic heterocycles. The van der Waals surface area contributed by atoms with Crippen LogP contribution in [0.15, 0.2) is 36.4 Å². The molecule has 1 N–H and O–H groups in total. The number of benzene rings is 1. The first-order valence-corrected chi connectivity index (χ1v) is 8.31. The van der Waals surface area contributed by atoms with E-state index >= 15 is 0 Å². The second-order valence-corrected chi connectivity index (χ2v) is 5.75. The molecule has 0 aliphatic carbocycles. The lowest BCUT2D eigenvalue weighted by Crippen LogP contribution is -2.34. The van der Waals surface area contributed by atoms with Gasteiger partial charge in [0.25, 0.3) is 5.82 Å². The first kappa shape index (κ1) is 19.4. The minimum Gasteiger partial charge on any atom is -0.495 e. The van der Waals surface area contributed by atoms with E-state index in [4.69, 9.17) is 4.74 Å². The van der Waals surface area contributed by atoms with Crippen molar-refractivity contribution in [1.29, 1.82) is 0 Å². The summed E-state index contributed by atoms with van der Waals surface area (Å²) in [5.74, 6) is -0.903. The van der Waals surface area contributed by atoms with Crippen LogP contribution in [-0.2, 0) is 11.0 Å². The van der Waals surface area contributed by atoms with E-state index in [0.717, 1.165) is 0 Å². The van der Waals surface area contributed by atoms with Crippen molar-refractivity contribution >= 4 is 23.1 Å². The number of para-hydroxylation sites is 2. The van der Waals surface area contributed by atoms with Gasteiger partial charge in [-0.15, -0.1) is 15.3 Å². The lowest BCUT2D eigenvalue weighted by atomic mass is 10.3. The van der Waals surface area contributed by atoms with Crippen molar-refractivity contribution in [3.8, 4) is 5.75 Å². The highest BCUT2D eigenvalue weighted by Crippen LogP contribution is 2.28. The van der Waals surface area contributed by atoms with Gasteiger partial charge < -0.3 is 15.0 Å². The Labute approximate surface area is 157 Å². The molecule has 0 saturated carbocycles. The highest BCUT2D eigenvalue weighted by molar-refractivity contribution is 5.95. The SMILES string of the molecule is CCN(CC(=O)Nc1ccccc1OC)c1ccc2nnc(C(F)(F)F)n2n1. The van der Waals surface area contributed by atoms with Gasteiger partial charge in [0.05, 0.1) is 19.3 Å². The molecule has 0 aliphatic heterocycles. The number of alkyl halides is 3. The predicted octanol–water partition coefficient (Wildman–Crippen LogP) is 2.62. The second kappa shape index (κ2) is 7.71. The lowest BCUT2D eigenvalue weighted by Gasteiger charge is -2.21. The van der Waals surface area contributed by atoms with E-state index in [2.05, 4.69) is 20.6 Å². The number of methoxy groups -OCH3 is 1. The van der Waals surface area contributed by atoms with Gasteiger partial charge in [-0.25, -0.2) is 0 Å². The minimum absolute atomic E-state index is 0.0365. The maximum Gasteiger partial charge on any atom is 0.453 e. The van der Waals surface area contributed by atoms with Gasteiger partial charge in [-0.1, -0.05) is 12.1 Å². The normalized spacial score (nSPS) is 11.5. The number of anilines is 2. The topological polar surface area (TPSA) is 84.7 Å². The van der Waals surface area contributed by atoms with Crippen molar-refractivity contribution in [2.24, 2.45) is 0 Å². The number of nitrogens with one attached hydrogen (secondary N) is 1. The molecule has 3 rings (SSSR count). The summed E-state index contributed by atoms with van der Waals surface area (Å²) in [5.41, 5.74) is 0.457. The van der Waals surface area contributed by atoms with E-state index in [1.165, 1.54) is 24.1 Å². The second-order valence-electron chi connectivity index (χ2n) is 5.75. The zero-order chi connectivity index (χ0) is 20.3. The van der Waals surface area contributed by atoms with Crippen LogP contribution in [0.3, 0.4) is 0 Å². The highest BCUT2D eigenvalue weighted by Gasteiger charge is 2.37. The van der Waals surface area contributed by atoms with Crippen LogP contribution in [0.2, 0.25) is 0 Å². The van der Waals surface area contributed by atoms with Crippen molar-refractivity contribution in [2.75, 3.05) is 30.4 Å². The quantitative estimate of drug-likeness (QED) is 0.692. The third-order valence-electron chi connectivity index (χ3n) is 3.92. The van der Waals surface area contributed by atoms with Gasteiger partial charge in [-0.2, -0.15) is 17.7 Å². The first-order chi connectivity index (χ1) is 13.3. The van der Waals surface area contributed by atoms with Gasteiger partial charge in [0.15, 0.2) is 5.65 Å². The van der Waals surface area contributed by atoms with Gasteiger partial charge in [0.1, 0.15) is 11.6 Å². The van der Waals surface area contributed by atoms with E-state index in [0.29, 0.717) is 22.5 Å². The van der Waals surface area contributed by atoms with Crippen LogP contribution in [0, 0.1) is 0 Å². The molecule has 0 fully saturated rings. The van der Waals surface area contributed by atoms with E-state index in [-0.39, 0.29) is 23.9 Å². The number of hydrogen-bond donors (Lipinski definition) is 1. The van der Waals surface area contributed by atoms with Gasteiger partial charge in [0.2, 0.25) is 5.91 Å². The average molecular weight is 394 g/mol. The Morgan fingerprint density at radius 3 is 2.64 bits per heavy atom. The predicted molar refractivity (Wildman–Crippen MR) is 95.3 cm³/mol. The fourth-order valence-electron chi connectivity index (χ4n) is 2.59. The molecule has 0 radical (unpaired) electrons. The van der Waals surface area contributed by atoms with Crippen LogP contribution in [-0.4, -0.2) is 45.9 Å². The summed E-state index contributed by atoms with van der Waals surface area (Å²) in [5, 5.41) is 13.3. The van der Waals surface area contributed by atoms with Crippen molar-refractivity contribution < 1.29 is 22.7 Å². The van der Waals surface area contributed by atoms with Crippen molar-refractivity contribution in [1.82, 2.24) is 19.8 Å². The molecular formula is C17H17F3N6O2. The maximum atomic E-state index is 13.0. The van der Waals surface area contributed by atoms with E-state index in [9.17, 15) is 18.0 Å². The number of hydrogen-bond acceptors (Lipinski definition) is 6. The zero-order valence-corrected chi connectivity index (χ0v) is 15.1. The molecule has 8 nitrogen and oxygen atoms in total. The molecule has 28 heavy (non-hydrogen) atoms. The van der Waals surface area contributed by atoms with E-state index in [1.54, 1.807) is 31.2 Å². The van der Waals surface area contributed by atoms with Crippen molar-refractivity contribution in [2.45, 2.75) is 13.1 Å². The molecule has 1 amide bonds. The fraction of sp³-hybridized carbons (Fsp3) is 0.294. The maximum absolute atomic E-state index is 13.0. The van der Waals surface area contributed by atoms with Crippen LogP contribution in [0.5, 0.6) is 5.75 Å². The Bertz CT molecular complexity index is 988. The number of ether oxygens (including phenoxy) is 1. The molecule has 2 heterocycles. The molecule has 0 bridgehead atoms. The number of aromatic nitrogens is 4. The molecule has 0 aliphatic rings. The summed E-state index contributed by atoms with van der Waals surface area (Å²) in [6.07, 6.45) is -4.69. The Morgan fingerprint density at radius 1 is 1.21 bits per heavy atom. The Kier molecular flexibility index (Phi) is 5.34. The molecule has 0 unspecified atom stereocenters. The summed E-state index contributed by atoms with van der Waals surface area (Å²) < 4.78 is 44.9. The number of carbonyl (C=O) groups excluding carboxylic acids is 1. The number of halogens is 3. The molecule has 0 atom stereocenters. The van der Waals surface area contributed by atoms with Crippen LogP contribution in [0.4, 0.5) is 24.7 Å². The highest BCUT2D eigenvalue weighted by atomic mass is 19.4. The number of nitrogens with zero attached hydrogens (tertiary/aromatic N) is 5. The molecular weight excluding hydrogens is 377 g/mol. The van der Waals surface area contributed by atoms with Crippen LogP contribution >= 0.6 is 0 Å². The number of rotatable bonds is 6. The van der Waals surface area contributed by atoms with E-state index < -0.39 is 12.0 Å². The summed E-state index contributed by atoms with van der Waals surface area (Å²) in [7, 11) is 1.49. The molecule has 1 aromatic carbocycles. The van der Waals surface area contributed by atoms with Gasteiger partial charge >= 0.3 is 6.18 Å². The monoisotopic (exact) mass is 394 g/mol. The standard InChI is InChI=1S/C17H17F3N6O2/c1-3-25(10-15(27)21-11-6-4-5-7-12(11)28-2)14-9-8-13-22-23-16(17(18,19)20)26(13)24-14/h4-9H,3,10H2,1-2H3,(H,21,27). The summed E-state index contributed by atoms with van der Waals surface area (Å²) >= 11 is 0. The summed E-state index contributed by atoms with van der Waals surface area (Å²) in [6.45, 7) is 2.00. The van der Waals surface area contributed by atoms with Gasteiger partial charge in [-0.3, -0.25) is 4.79 Å². The van der Waals surface area contributed by atoms with Crippen molar-refractivity contribution in [3.63, 3.8) is 0 Å². The molecule has 0 spiro atoms. The van der Waals surface area contributed by atoms with Crippen molar-refractivity contribution in [3.05, 3.63) is 42.2 Å². The largest absolute Gasteiger partial charge is 0.495 e. The molecule has 0 saturated heterocycles. The van der Waals surface area contributed by atoms with Crippen LogP contribution in [0.25, 0.3) is 5.65 Å². The van der Waals surface area contributed by atoms with Crippen LogP contribution < -0.4 is 15.0 Å². The minimum atomic E-state index is -4.69. The average Bonchev–Trinajstić information content (AvgIpc) is 3.10. The number of carbonyl (C=O) groups is 1. The molecule has 11 heteroatoms. The number of amides is 1. The molecule has 3 aromatic rings. The summed E-state index contributed by atoms with van der Waals surface area (Å²) in [6, 6.07) is 9.76. The van der Waals surface area contributed by atoms with Gasteiger partial charge in [-0.05, 0) is 31.2 Å². The van der Waals surface area contributed by atoms with Crippen LogP contribution in [0.1, 0.15) is 12.7 Å². The molecule has 148 valence electrons.